The lowest BCUT2D eigenvalue weighted by Gasteiger charge is -2.35. The van der Waals surface area contributed by atoms with Gasteiger partial charge in [0.15, 0.2) is 0 Å². The first kappa shape index (κ1) is 31.3. The maximum absolute atomic E-state index is 14.4. The van der Waals surface area contributed by atoms with Crippen LogP contribution in [0, 0.1) is 17.8 Å². The SMILES string of the molecule is O=C(O)CCN(CC(c1ccccc1)c1ccccc1)C(=O)[C@H](CC1CCCCC1)NC(=O)[C@@H]1CCCC[C@H]1C(=O)O. The van der Waals surface area contributed by atoms with E-state index in [1.54, 1.807) is 4.90 Å². The van der Waals surface area contributed by atoms with Crippen molar-refractivity contribution in [3.8, 4) is 0 Å². The van der Waals surface area contributed by atoms with E-state index in [1.807, 2.05) is 60.7 Å². The molecule has 2 aliphatic carbocycles. The Hall–Kier alpha value is -3.68. The Kier molecular flexibility index (Phi) is 11.6. The van der Waals surface area contributed by atoms with Gasteiger partial charge in [-0.25, -0.2) is 0 Å². The van der Waals surface area contributed by atoms with Crippen LogP contribution in [0.1, 0.15) is 87.7 Å². The fourth-order valence-corrected chi connectivity index (χ4v) is 6.73. The number of carbonyl (C=O) groups is 4. The molecule has 2 aromatic rings. The van der Waals surface area contributed by atoms with Gasteiger partial charge in [0.2, 0.25) is 11.8 Å². The maximum Gasteiger partial charge on any atom is 0.307 e. The highest BCUT2D eigenvalue weighted by atomic mass is 16.4. The van der Waals surface area contributed by atoms with E-state index in [0.29, 0.717) is 19.3 Å². The van der Waals surface area contributed by atoms with Crippen LogP contribution in [0.5, 0.6) is 0 Å². The standard InChI is InChI=1S/C34H44N2O6/c37-31(38)20-21-36(23-29(25-14-6-2-7-15-25)26-16-8-3-9-17-26)33(40)30(22-24-12-4-1-5-13-24)35-32(39)27-18-10-11-19-28(27)34(41)42/h2-3,6-9,14-17,24,27-30H,1,4-5,10-13,18-23H2,(H,35,39)(H,37,38)(H,41,42)/t27-,28-,30+/m1/s1. The molecule has 42 heavy (non-hydrogen) atoms. The number of rotatable bonds is 13. The predicted molar refractivity (Wildman–Crippen MR) is 160 cm³/mol. The molecule has 3 N–H and O–H groups in total. The van der Waals surface area contributed by atoms with Crippen molar-refractivity contribution in [2.45, 2.75) is 82.6 Å². The van der Waals surface area contributed by atoms with Crippen molar-refractivity contribution in [1.82, 2.24) is 10.2 Å². The van der Waals surface area contributed by atoms with Crippen molar-refractivity contribution in [3.05, 3.63) is 71.8 Å². The van der Waals surface area contributed by atoms with E-state index in [-0.39, 0.29) is 43.2 Å². The molecule has 2 aliphatic rings. The van der Waals surface area contributed by atoms with E-state index in [2.05, 4.69) is 5.32 Å². The van der Waals surface area contributed by atoms with Crippen LogP contribution in [0.25, 0.3) is 0 Å². The second kappa shape index (κ2) is 15.5. The molecule has 8 nitrogen and oxygen atoms in total. The van der Waals surface area contributed by atoms with Gasteiger partial charge in [-0.05, 0) is 36.3 Å². The highest BCUT2D eigenvalue weighted by molar-refractivity contribution is 5.90. The van der Waals surface area contributed by atoms with Gasteiger partial charge in [0.25, 0.3) is 0 Å². The van der Waals surface area contributed by atoms with E-state index in [4.69, 9.17) is 0 Å². The van der Waals surface area contributed by atoms with Gasteiger partial charge < -0.3 is 20.4 Å². The molecule has 3 atom stereocenters. The van der Waals surface area contributed by atoms with Crippen LogP contribution >= 0.6 is 0 Å². The number of benzene rings is 2. The second-order valence-corrected chi connectivity index (χ2v) is 11.9. The maximum atomic E-state index is 14.4. The normalized spacial score (nSPS) is 20.0. The van der Waals surface area contributed by atoms with Crippen LogP contribution in [0.3, 0.4) is 0 Å². The van der Waals surface area contributed by atoms with E-state index in [1.165, 1.54) is 0 Å². The van der Waals surface area contributed by atoms with Gasteiger partial charge in [-0.3, -0.25) is 19.2 Å². The van der Waals surface area contributed by atoms with Crippen molar-refractivity contribution in [2.75, 3.05) is 13.1 Å². The van der Waals surface area contributed by atoms with Crippen molar-refractivity contribution >= 4 is 23.8 Å². The average Bonchev–Trinajstić information content (AvgIpc) is 3.01. The number of aliphatic carboxylic acids is 2. The zero-order valence-corrected chi connectivity index (χ0v) is 24.3. The summed E-state index contributed by atoms with van der Waals surface area (Å²) in [4.78, 5) is 53.1. The van der Waals surface area contributed by atoms with Crippen LogP contribution < -0.4 is 5.32 Å². The van der Waals surface area contributed by atoms with Crippen molar-refractivity contribution < 1.29 is 29.4 Å². The number of amides is 2. The Morgan fingerprint density at radius 1 is 0.762 bits per heavy atom. The molecule has 2 fully saturated rings. The largest absolute Gasteiger partial charge is 0.481 e. The first-order valence-corrected chi connectivity index (χ1v) is 15.5. The summed E-state index contributed by atoms with van der Waals surface area (Å²) in [5.41, 5.74) is 2.02. The molecule has 0 aromatic heterocycles. The smallest absolute Gasteiger partial charge is 0.307 e. The van der Waals surface area contributed by atoms with Gasteiger partial charge in [0.05, 0.1) is 18.3 Å². The summed E-state index contributed by atoms with van der Waals surface area (Å²) in [5, 5.41) is 22.3. The lowest BCUT2D eigenvalue weighted by Crippen LogP contribution is -2.53. The van der Waals surface area contributed by atoms with Crippen LogP contribution in [0.2, 0.25) is 0 Å². The Labute approximate surface area is 248 Å². The molecule has 4 rings (SSSR count). The summed E-state index contributed by atoms with van der Waals surface area (Å²) < 4.78 is 0. The van der Waals surface area contributed by atoms with Gasteiger partial charge in [0.1, 0.15) is 6.04 Å². The molecule has 0 unspecified atom stereocenters. The third kappa shape index (κ3) is 8.66. The third-order valence-electron chi connectivity index (χ3n) is 9.04. The summed E-state index contributed by atoms with van der Waals surface area (Å²) in [6, 6.07) is 18.9. The Morgan fingerprint density at radius 2 is 1.31 bits per heavy atom. The van der Waals surface area contributed by atoms with Crippen LogP contribution in [-0.2, 0) is 19.2 Å². The summed E-state index contributed by atoms with van der Waals surface area (Å²) in [6.07, 6.45) is 8.03. The summed E-state index contributed by atoms with van der Waals surface area (Å²) in [7, 11) is 0. The highest BCUT2D eigenvalue weighted by Gasteiger charge is 2.38. The van der Waals surface area contributed by atoms with Crippen molar-refractivity contribution in [3.63, 3.8) is 0 Å². The second-order valence-electron chi connectivity index (χ2n) is 11.9. The molecule has 2 saturated carbocycles. The molecule has 0 radical (unpaired) electrons. The molecule has 0 heterocycles. The number of nitrogens with one attached hydrogen (secondary N) is 1. The van der Waals surface area contributed by atoms with E-state index in [9.17, 15) is 29.4 Å². The fraction of sp³-hybridized carbons (Fsp3) is 0.529. The molecule has 0 aliphatic heterocycles. The first-order chi connectivity index (χ1) is 20.3. The topological polar surface area (TPSA) is 124 Å². The minimum absolute atomic E-state index is 0.0164. The number of hydrogen-bond acceptors (Lipinski definition) is 4. The Balaban J connectivity index is 1.63. The quantitative estimate of drug-likeness (QED) is 0.291. The van der Waals surface area contributed by atoms with E-state index in [0.717, 1.165) is 56.1 Å². The number of hydrogen-bond donors (Lipinski definition) is 3. The molecule has 0 bridgehead atoms. The minimum Gasteiger partial charge on any atom is -0.481 e. The summed E-state index contributed by atoms with van der Waals surface area (Å²) >= 11 is 0. The first-order valence-electron chi connectivity index (χ1n) is 15.5. The van der Waals surface area contributed by atoms with Crippen molar-refractivity contribution in [1.29, 1.82) is 0 Å². The van der Waals surface area contributed by atoms with Crippen molar-refractivity contribution in [2.24, 2.45) is 17.8 Å². The van der Waals surface area contributed by atoms with Gasteiger partial charge in [-0.1, -0.05) is 106 Å². The predicted octanol–water partition coefficient (Wildman–Crippen LogP) is 5.47. The molecular weight excluding hydrogens is 532 g/mol. The molecule has 8 heteroatoms. The number of carbonyl (C=O) groups excluding carboxylic acids is 2. The Morgan fingerprint density at radius 3 is 1.86 bits per heavy atom. The zero-order valence-electron chi connectivity index (χ0n) is 24.3. The average molecular weight is 577 g/mol. The van der Waals surface area contributed by atoms with E-state index < -0.39 is 29.8 Å². The lowest BCUT2D eigenvalue weighted by molar-refractivity contribution is -0.149. The Bertz CT molecular complexity index is 1140. The zero-order chi connectivity index (χ0) is 29.9. The summed E-state index contributed by atoms with van der Waals surface area (Å²) in [6.45, 7) is 0.279. The van der Waals surface area contributed by atoms with Gasteiger partial charge in [-0.2, -0.15) is 0 Å². The summed E-state index contributed by atoms with van der Waals surface area (Å²) in [5.74, 6) is -3.99. The lowest BCUT2D eigenvalue weighted by atomic mass is 9.78. The van der Waals surface area contributed by atoms with E-state index >= 15 is 0 Å². The van der Waals surface area contributed by atoms with Gasteiger partial charge in [0, 0.05) is 19.0 Å². The number of carboxylic acids is 2. The number of nitrogens with zero attached hydrogens (tertiary/aromatic N) is 1. The van der Waals surface area contributed by atoms with Gasteiger partial charge >= 0.3 is 11.9 Å². The molecule has 226 valence electrons. The number of carboxylic acid groups (broad SMARTS) is 2. The van der Waals surface area contributed by atoms with Crippen LogP contribution in [0.15, 0.2) is 60.7 Å². The minimum atomic E-state index is -0.997. The molecule has 2 amide bonds. The molecular formula is C34H44N2O6. The fourth-order valence-electron chi connectivity index (χ4n) is 6.73. The van der Waals surface area contributed by atoms with Gasteiger partial charge in [-0.15, -0.1) is 0 Å². The third-order valence-corrected chi connectivity index (χ3v) is 9.04. The molecule has 0 saturated heterocycles. The van der Waals surface area contributed by atoms with Crippen LogP contribution in [-0.4, -0.2) is 58.0 Å². The monoisotopic (exact) mass is 576 g/mol. The highest BCUT2D eigenvalue weighted by Crippen LogP contribution is 2.32. The van der Waals surface area contributed by atoms with Crippen LogP contribution in [0.4, 0.5) is 0 Å². The molecule has 2 aromatic carbocycles. The molecule has 0 spiro atoms.